The van der Waals surface area contributed by atoms with Crippen LogP contribution in [-0.2, 0) is 13.2 Å². The van der Waals surface area contributed by atoms with Crippen molar-refractivity contribution < 1.29 is 4.74 Å². The third-order valence-electron chi connectivity index (χ3n) is 3.12. The molecule has 0 amide bonds. The quantitative estimate of drug-likeness (QED) is 0.843. The van der Waals surface area contributed by atoms with Crippen LogP contribution in [0.5, 0.6) is 5.75 Å². The Hall–Kier alpha value is -1.32. The van der Waals surface area contributed by atoms with Crippen molar-refractivity contribution >= 4 is 15.9 Å². The normalized spacial score (nSPS) is 10.6. The molecule has 2 aromatic carbocycles. The van der Waals surface area contributed by atoms with Crippen molar-refractivity contribution in [2.24, 2.45) is 0 Å². The van der Waals surface area contributed by atoms with Gasteiger partial charge in [0.2, 0.25) is 0 Å². The number of nitrogens with one attached hydrogen (secondary N) is 1. The van der Waals surface area contributed by atoms with Gasteiger partial charge in [-0.3, -0.25) is 0 Å². The fraction of sp³-hybridized carbons (Fsp3) is 0.294. The molecule has 2 nitrogen and oxygen atoms in total. The van der Waals surface area contributed by atoms with E-state index in [9.17, 15) is 0 Å². The Balaban J connectivity index is 2.09. The number of rotatable bonds is 6. The monoisotopic (exact) mass is 333 g/mol. The first kappa shape index (κ1) is 15.1. The van der Waals surface area contributed by atoms with Crippen molar-refractivity contribution in [1.82, 2.24) is 5.32 Å². The number of benzene rings is 2. The Morgan fingerprint density at radius 2 is 1.85 bits per heavy atom. The van der Waals surface area contributed by atoms with Crippen LogP contribution in [0.2, 0.25) is 0 Å². The molecule has 20 heavy (non-hydrogen) atoms. The molecule has 1 N–H and O–H groups in total. The maximum absolute atomic E-state index is 6.00. The number of hydrogen-bond acceptors (Lipinski definition) is 2. The molecule has 0 aliphatic carbocycles. The minimum absolute atomic E-state index is 0.585. The second kappa shape index (κ2) is 7.46. The summed E-state index contributed by atoms with van der Waals surface area (Å²) in [5.74, 6) is 0.925. The summed E-state index contributed by atoms with van der Waals surface area (Å²) in [5.41, 5.74) is 3.62. The molecular formula is C17H20BrNO. The predicted molar refractivity (Wildman–Crippen MR) is 87.0 cm³/mol. The maximum atomic E-state index is 6.00. The summed E-state index contributed by atoms with van der Waals surface area (Å²) in [5, 5.41) is 3.34. The summed E-state index contributed by atoms with van der Waals surface area (Å²) in [6, 6.07) is 14.6. The first-order valence-electron chi connectivity index (χ1n) is 6.87. The molecule has 3 heteroatoms. The van der Waals surface area contributed by atoms with Crippen LogP contribution in [0.3, 0.4) is 0 Å². The van der Waals surface area contributed by atoms with Crippen molar-refractivity contribution in [2.75, 3.05) is 6.54 Å². The molecule has 0 aliphatic heterocycles. The fourth-order valence-corrected chi connectivity index (χ4v) is 2.48. The first-order valence-corrected chi connectivity index (χ1v) is 7.66. The Bertz CT molecular complexity index is 551. The van der Waals surface area contributed by atoms with Crippen LogP contribution < -0.4 is 10.1 Å². The van der Waals surface area contributed by atoms with Crippen LogP contribution in [0.1, 0.15) is 23.6 Å². The molecule has 0 radical (unpaired) electrons. The fourth-order valence-electron chi connectivity index (χ4n) is 1.95. The summed E-state index contributed by atoms with van der Waals surface area (Å²) in [4.78, 5) is 0. The van der Waals surface area contributed by atoms with E-state index in [1.165, 1.54) is 16.7 Å². The molecule has 0 spiro atoms. The second-order valence-electron chi connectivity index (χ2n) is 4.78. The first-order chi connectivity index (χ1) is 9.70. The van der Waals surface area contributed by atoms with Crippen LogP contribution in [-0.4, -0.2) is 6.54 Å². The molecule has 0 aliphatic rings. The van der Waals surface area contributed by atoms with Crippen molar-refractivity contribution in [3.63, 3.8) is 0 Å². The van der Waals surface area contributed by atoms with Crippen LogP contribution in [0.15, 0.2) is 46.9 Å². The average Bonchev–Trinajstić information content (AvgIpc) is 2.46. The number of ether oxygens (including phenoxy) is 1. The van der Waals surface area contributed by atoms with Gasteiger partial charge >= 0.3 is 0 Å². The van der Waals surface area contributed by atoms with Crippen LogP contribution in [0.4, 0.5) is 0 Å². The molecule has 2 rings (SSSR count). The minimum atomic E-state index is 0.585. The van der Waals surface area contributed by atoms with Crippen molar-refractivity contribution in [3.05, 3.63) is 63.6 Å². The van der Waals surface area contributed by atoms with E-state index in [1.54, 1.807) is 0 Å². The number of hydrogen-bond donors (Lipinski definition) is 1. The van der Waals surface area contributed by atoms with E-state index in [2.05, 4.69) is 65.4 Å². The summed E-state index contributed by atoms with van der Waals surface area (Å²) < 4.78 is 7.00. The van der Waals surface area contributed by atoms with Gasteiger partial charge in [-0.25, -0.2) is 0 Å². The topological polar surface area (TPSA) is 21.3 Å². The van der Waals surface area contributed by atoms with E-state index in [0.717, 1.165) is 23.3 Å². The van der Waals surface area contributed by atoms with Gasteiger partial charge in [-0.05, 0) is 41.0 Å². The number of para-hydroxylation sites is 1. The van der Waals surface area contributed by atoms with Crippen LogP contribution in [0.25, 0.3) is 0 Å². The molecule has 0 heterocycles. The molecule has 0 bridgehead atoms. The van der Waals surface area contributed by atoms with Crippen molar-refractivity contribution in [3.8, 4) is 5.75 Å². The van der Waals surface area contributed by atoms with Gasteiger partial charge in [0.15, 0.2) is 0 Å². The van der Waals surface area contributed by atoms with Gasteiger partial charge in [0.05, 0.1) is 4.47 Å². The summed E-state index contributed by atoms with van der Waals surface area (Å²) >= 11 is 3.57. The van der Waals surface area contributed by atoms with E-state index in [-0.39, 0.29) is 0 Å². The summed E-state index contributed by atoms with van der Waals surface area (Å²) in [6.45, 7) is 6.54. The van der Waals surface area contributed by atoms with E-state index in [1.807, 2.05) is 12.1 Å². The van der Waals surface area contributed by atoms with Crippen LogP contribution in [0, 0.1) is 6.92 Å². The summed E-state index contributed by atoms with van der Waals surface area (Å²) in [7, 11) is 0. The minimum Gasteiger partial charge on any atom is -0.487 e. The van der Waals surface area contributed by atoms with Crippen LogP contribution >= 0.6 is 15.9 Å². The van der Waals surface area contributed by atoms with Crippen molar-refractivity contribution in [1.29, 1.82) is 0 Å². The molecule has 0 aromatic heterocycles. The Morgan fingerprint density at radius 1 is 1.10 bits per heavy atom. The molecule has 0 atom stereocenters. The largest absolute Gasteiger partial charge is 0.487 e. The highest BCUT2D eigenvalue weighted by molar-refractivity contribution is 9.10. The van der Waals surface area contributed by atoms with Gasteiger partial charge < -0.3 is 10.1 Å². The molecule has 0 fully saturated rings. The zero-order valence-corrected chi connectivity index (χ0v) is 13.5. The van der Waals surface area contributed by atoms with Crippen molar-refractivity contribution in [2.45, 2.75) is 27.0 Å². The average molecular weight is 334 g/mol. The van der Waals surface area contributed by atoms with E-state index in [4.69, 9.17) is 4.74 Å². The zero-order chi connectivity index (χ0) is 14.4. The maximum Gasteiger partial charge on any atom is 0.138 e. The van der Waals surface area contributed by atoms with Gasteiger partial charge in [0, 0.05) is 12.1 Å². The predicted octanol–water partition coefficient (Wildman–Crippen LogP) is 4.45. The standard InChI is InChI=1S/C17H20BrNO/c1-3-19-11-15-5-4-6-16(18)17(15)20-12-14-9-7-13(2)8-10-14/h4-10,19H,3,11-12H2,1-2H3. The molecule has 2 aromatic rings. The molecule has 0 saturated heterocycles. The Kier molecular flexibility index (Phi) is 5.62. The third-order valence-corrected chi connectivity index (χ3v) is 3.74. The highest BCUT2D eigenvalue weighted by Crippen LogP contribution is 2.29. The SMILES string of the molecule is CCNCc1cccc(Br)c1OCc1ccc(C)cc1. The van der Waals surface area contributed by atoms with Gasteiger partial charge in [-0.15, -0.1) is 0 Å². The van der Waals surface area contributed by atoms with Gasteiger partial charge in [0.1, 0.15) is 12.4 Å². The van der Waals surface area contributed by atoms with Gasteiger partial charge in [-0.2, -0.15) is 0 Å². The lowest BCUT2D eigenvalue weighted by Gasteiger charge is -2.14. The zero-order valence-electron chi connectivity index (χ0n) is 11.9. The smallest absolute Gasteiger partial charge is 0.138 e. The lowest BCUT2D eigenvalue weighted by Crippen LogP contribution is -2.13. The second-order valence-corrected chi connectivity index (χ2v) is 5.64. The summed E-state index contributed by atoms with van der Waals surface area (Å²) in [6.07, 6.45) is 0. The van der Waals surface area contributed by atoms with Gasteiger partial charge in [0.25, 0.3) is 0 Å². The Labute approximate surface area is 129 Å². The molecule has 0 unspecified atom stereocenters. The highest BCUT2D eigenvalue weighted by atomic mass is 79.9. The number of halogens is 1. The highest BCUT2D eigenvalue weighted by Gasteiger charge is 2.08. The molecule has 106 valence electrons. The third kappa shape index (κ3) is 4.09. The lowest BCUT2D eigenvalue weighted by atomic mass is 10.1. The number of aryl methyl sites for hydroxylation is 1. The van der Waals surface area contributed by atoms with Gasteiger partial charge in [-0.1, -0.05) is 48.9 Å². The van der Waals surface area contributed by atoms with E-state index in [0.29, 0.717) is 6.61 Å². The Morgan fingerprint density at radius 3 is 2.55 bits per heavy atom. The molecular weight excluding hydrogens is 314 g/mol. The van der Waals surface area contributed by atoms with E-state index >= 15 is 0 Å². The van der Waals surface area contributed by atoms with E-state index < -0.39 is 0 Å². The molecule has 0 saturated carbocycles. The lowest BCUT2D eigenvalue weighted by molar-refractivity contribution is 0.300.